The summed E-state index contributed by atoms with van der Waals surface area (Å²) in [6.45, 7) is 4.24. The normalized spacial score (nSPS) is 11.4. The summed E-state index contributed by atoms with van der Waals surface area (Å²) in [5, 5.41) is 3.83. The SMILES string of the molecule is Cc1cc(C)cc(OCc2csc(C(=O)Nc3ccc(Cl)c(C(F)(F)F)c3)c2)c1. The maximum absolute atomic E-state index is 13.0. The first-order valence-corrected chi connectivity index (χ1v) is 9.84. The third kappa shape index (κ3) is 5.52. The number of carbonyl (C=O) groups is 1. The van der Waals surface area contributed by atoms with E-state index in [1.54, 1.807) is 11.4 Å². The van der Waals surface area contributed by atoms with E-state index < -0.39 is 22.7 Å². The minimum Gasteiger partial charge on any atom is -0.489 e. The Balaban J connectivity index is 1.66. The number of nitrogens with one attached hydrogen (secondary N) is 1. The highest BCUT2D eigenvalue weighted by atomic mass is 35.5. The molecule has 0 radical (unpaired) electrons. The number of hydrogen-bond donors (Lipinski definition) is 1. The van der Waals surface area contributed by atoms with Crippen molar-refractivity contribution in [1.29, 1.82) is 0 Å². The molecule has 1 N–H and O–H groups in total. The fourth-order valence-electron chi connectivity index (χ4n) is 2.77. The van der Waals surface area contributed by atoms with Crippen LogP contribution in [0, 0.1) is 13.8 Å². The lowest BCUT2D eigenvalue weighted by molar-refractivity contribution is -0.137. The largest absolute Gasteiger partial charge is 0.489 e. The molecule has 0 aliphatic carbocycles. The predicted octanol–water partition coefficient (Wildman–Crippen LogP) is 6.87. The van der Waals surface area contributed by atoms with Crippen molar-refractivity contribution in [2.75, 3.05) is 5.32 Å². The lowest BCUT2D eigenvalue weighted by Crippen LogP contribution is -2.12. The van der Waals surface area contributed by atoms with Gasteiger partial charge in [-0.25, -0.2) is 0 Å². The van der Waals surface area contributed by atoms with Crippen molar-refractivity contribution in [2.45, 2.75) is 26.6 Å². The first-order chi connectivity index (χ1) is 13.6. The van der Waals surface area contributed by atoms with Crippen LogP contribution in [0.3, 0.4) is 0 Å². The summed E-state index contributed by atoms with van der Waals surface area (Å²) < 4.78 is 44.6. The minimum absolute atomic E-state index is 0.0214. The second kappa shape index (κ2) is 8.47. The summed E-state index contributed by atoms with van der Waals surface area (Å²) >= 11 is 6.79. The zero-order valence-corrected chi connectivity index (χ0v) is 17.1. The molecule has 0 atom stereocenters. The molecule has 0 fully saturated rings. The van der Waals surface area contributed by atoms with E-state index >= 15 is 0 Å². The summed E-state index contributed by atoms with van der Waals surface area (Å²) in [5.41, 5.74) is 2.00. The third-order valence-corrected chi connectivity index (χ3v) is 5.32. The first-order valence-electron chi connectivity index (χ1n) is 8.58. The number of halogens is 4. The molecular formula is C21H17ClF3NO2S. The van der Waals surface area contributed by atoms with E-state index in [0.717, 1.165) is 34.6 Å². The minimum atomic E-state index is -4.60. The van der Waals surface area contributed by atoms with Gasteiger partial charge in [0.05, 0.1) is 15.5 Å². The highest BCUT2D eigenvalue weighted by Gasteiger charge is 2.33. The zero-order valence-electron chi connectivity index (χ0n) is 15.6. The Hall–Kier alpha value is -2.51. The van der Waals surface area contributed by atoms with E-state index in [-0.39, 0.29) is 12.3 Å². The second-order valence-electron chi connectivity index (χ2n) is 6.58. The molecule has 0 aliphatic rings. The van der Waals surface area contributed by atoms with Gasteiger partial charge in [0, 0.05) is 11.3 Å². The van der Waals surface area contributed by atoms with Crippen LogP contribution in [0.15, 0.2) is 47.8 Å². The highest BCUT2D eigenvalue weighted by Crippen LogP contribution is 2.36. The maximum Gasteiger partial charge on any atom is 0.417 e. The summed E-state index contributed by atoms with van der Waals surface area (Å²) in [4.78, 5) is 12.7. The fraction of sp³-hybridized carbons (Fsp3) is 0.190. The fourth-order valence-corrected chi connectivity index (χ4v) is 3.78. The molecule has 0 saturated heterocycles. The van der Waals surface area contributed by atoms with Gasteiger partial charge in [-0.1, -0.05) is 17.7 Å². The molecule has 1 amide bonds. The number of ether oxygens (including phenoxy) is 1. The molecule has 3 rings (SSSR count). The zero-order chi connectivity index (χ0) is 21.2. The van der Waals surface area contributed by atoms with Crippen LogP contribution in [-0.4, -0.2) is 5.91 Å². The molecule has 0 aliphatic heterocycles. The average molecular weight is 440 g/mol. The Morgan fingerprint density at radius 1 is 1.10 bits per heavy atom. The van der Waals surface area contributed by atoms with Crippen molar-refractivity contribution in [3.63, 3.8) is 0 Å². The van der Waals surface area contributed by atoms with Gasteiger partial charge in [-0.05, 0) is 66.8 Å². The van der Waals surface area contributed by atoms with Crippen molar-refractivity contribution in [3.05, 3.63) is 80.0 Å². The molecule has 3 nitrogen and oxygen atoms in total. The molecule has 1 heterocycles. The van der Waals surface area contributed by atoms with Crippen LogP contribution < -0.4 is 10.1 Å². The number of thiophene rings is 1. The molecule has 2 aromatic carbocycles. The third-order valence-electron chi connectivity index (χ3n) is 4.01. The van der Waals surface area contributed by atoms with E-state index in [1.807, 2.05) is 32.0 Å². The van der Waals surface area contributed by atoms with E-state index in [0.29, 0.717) is 4.88 Å². The molecule has 3 aromatic rings. The van der Waals surface area contributed by atoms with Crippen LogP contribution >= 0.6 is 22.9 Å². The van der Waals surface area contributed by atoms with Crippen LogP contribution in [-0.2, 0) is 12.8 Å². The van der Waals surface area contributed by atoms with Crippen LogP contribution in [0.4, 0.5) is 18.9 Å². The van der Waals surface area contributed by atoms with Gasteiger partial charge in [0.2, 0.25) is 0 Å². The Bertz CT molecular complexity index is 1030. The number of carbonyl (C=O) groups excluding carboxylic acids is 1. The number of amides is 1. The van der Waals surface area contributed by atoms with E-state index in [1.165, 1.54) is 17.4 Å². The number of aryl methyl sites for hydroxylation is 2. The Morgan fingerprint density at radius 2 is 1.79 bits per heavy atom. The highest BCUT2D eigenvalue weighted by molar-refractivity contribution is 7.12. The van der Waals surface area contributed by atoms with Crippen LogP contribution in [0.2, 0.25) is 5.02 Å². The molecular weight excluding hydrogens is 423 g/mol. The van der Waals surface area contributed by atoms with E-state index in [2.05, 4.69) is 5.32 Å². The number of hydrogen-bond acceptors (Lipinski definition) is 3. The number of benzene rings is 2. The second-order valence-corrected chi connectivity index (χ2v) is 7.90. The van der Waals surface area contributed by atoms with Crippen LogP contribution in [0.5, 0.6) is 5.75 Å². The van der Waals surface area contributed by atoms with Crippen molar-refractivity contribution in [3.8, 4) is 5.75 Å². The van der Waals surface area contributed by atoms with Gasteiger partial charge in [0.25, 0.3) is 5.91 Å². The molecule has 0 saturated carbocycles. The lowest BCUT2D eigenvalue weighted by atomic mass is 10.1. The Kier molecular flexibility index (Phi) is 6.19. The predicted molar refractivity (Wildman–Crippen MR) is 109 cm³/mol. The lowest BCUT2D eigenvalue weighted by Gasteiger charge is -2.11. The van der Waals surface area contributed by atoms with E-state index in [4.69, 9.17) is 16.3 Å². The quantitative estimate of drug-likeness (QED) is 0.471. The first kappa shape index (κ1) is 21.2. The van der Waals surface area contributed by atoms with Gasteiger partial charge in [-0.3, -0.25) is 4.79 Å². The molecule has 0 spiro atoms. The Labute approximate surface area is 175 Å². The smallest absolute Gasteiger partial charge is 0.417 e. The summed E-state index contributed by atoms with van der Waals surface area (Å²) in [6.07, 6.45) is -4.60. The summed E-state index contributed by atoms with van der Waals surface area (Å²) in [6, 6.07) is 10.8. The Morgan fingerprint density at radius 3 is 2.45 bits per heavy atom. The number of rotatable bonds is 5. The molecule has 8 heteroatoms. The number of anilines is 1. The maximum atomic E-state index is 13.0. The van der Waals surface area contributed by atoms with E-state index in [9.17, 15) is 18.0 Å². The van der Waals surface area contributed by atoms with Gasteiger partial charge >= 0.3 is 6.18 Å². The van der Waals surface area contributed by atoms with Crippen LogP contribution in [0.25, 0.3) is 0 Å². The summed E-state index contributed by atoms with van der Waals surface area (Å²) in [7, 11) is 0. The topological polar surface area (TPSA) is 38.3 Å². The average Bonchev–Trinajstić information content (AvgIpc) is 3.09. The van der Waals surface area contributed by atoms with Crippen molar-refractivity contribution in [1.82, 2.24) is 0 Å². The molecule has 1 aromatic heterocycles. The van der Waals surface area contributed by atoms with Gasteiger partial charge in [-0.15, -0.1) is 11.3 Å². The van der Waals surface area contributed by atoms with Crippen LogP contribution in [0.1, 0.15) is 31.9 Å². The van der Waals surface area contributed by atoms with Crippen molar-refractivity contribution >= 4 is 34.5 Å². The monoisotopic (exact) mass is 439 g/mol. The number of alkyl halides is 3. The van der Waals surface area contributed by atoms with Gasteiger partial charge in [-0.2, -0.15) is 13.2 Å². The molecule has 29 heavy (non-hydrogen) atoms. The van der Waals surface area contributed by atoms with Gasteiger partial charge in [0.1, 0.15) is 12.4 Å². The van der Waals surface area contributed by atoms with Gasteiger partial charge < -0.3 is 10.1 Å². The molecule has 0 bridgehead atoms. The standard InChI is InChI=1S/C21H17ClF3NO2S/c1-12-5-13(2)7-16(6-12)28-10-14-8-19(29-11-14)20(27)26-15-3-4-18(22)17(9-15)21(23,24)25/h3-9,11H,10H2,1-2H3,(H,26,27). The molecule has 0 unspecified atom stereocenters. The summed E-state index contributed by atoms with van der Waals surface area (Å²) in [5.74, 6) is 0.239. The van der Waals surface area contributed by atoms with Gasteiger partial charge in [0.15, 0.2) is 0 Å². The van der Waals surface area contributed by atoms with Crippen molar-refractivity contribution in [2.24, 2.45) is 0 Å². The van der Waals surface area contributed by atoms with Crippen molar-refractivity contribution < 1.29 is 22.7 Å². The molecule has 152 valence electrons.